The van der Waals surface area contributed by atoms with Crippen molar-refractivity contribution in [3.63, 3.8) is 0 Å². The molecule has 50 heavy (non-hydrogen) atoms. The van der Waals surface area contributed by atoms with Crippen LogP contribution in [-0.2, 0) is 34.5 Å². The smallest absolute Gasteiger partial charge is 0.238 e. The number of hydrogen-bond acceptors (Lipinski definition) is 6. The number of fused-ring (bicyclic) bond motifs is 2. The number of carbonyl (C=O) groups excluding carboxylic acids is 1. The highest BCUT2D eigenvalue weighted by Gasteiger charge is 2.50. The first kappa shape index (κ1) is 39.0. The van der Waals surface area contributed by atoms with E-state index < -0.39 is 21.9 Å². The van der Waals surface area contributed by atoms with Gasteiger partial charge in [0.15, 0.2) is 11.6 Å². The lowest BCUT2D eigenvalue weighted by Crippen LogP contribution is -2.52. The highest BCUT2D eigenvalue weighted by atomic mass is 35.5. The molecule has 1 N–H and O–H groups in total. The average molecular weight is 733 g/mol. The standard InChI is InChI=1S/C39H58ClFN4O4S/c1-25(2)35-28-12-13-29(19-28)37(35)42-38(46)33-16-17-50(47,48)45(33)22-27-11-9-10-26(18-27)21-44(30(23-43(6)7)20-39(3,4)5)24-31-32(40)14-15-34(49-8)36(31)41/h9-11,14-15,18,25,28-30,33,35,37H,12-13,16-17,19-24H2,1-8H3,(H,42,46)/t28-,29+,30-,33?,35-,37-/m0/s1. The Morgan fingerprint density at radius 3 is 2.44 bits per heavy atom. The predicted molar refractivity (Wildman–Crippen MR) is 199 cm³/mol. The van der Waals surface area contributed by atoms with Gasteiger partial charge >= 0.3 is 0 Å². The van der Waals surface area contributed by atoms with Gasteiger partial charge in [0, 0.05) is 48.8 Å². The minimum atomic E-state index is -3.60. The number of hydrogen-bond donors (Lipinski definition) is 1. The summed E-state index contributed by atoms with van der Waals surface area (Å²) in [5, 5.41) is 3.70. The van der Waals surface area contributed by atoms with Gasteiger partial charge in [0.2, 0.25) is 15.9 Å². The molecular weight excluding hydrogens is 675 g/mol. The molecule has 8 nitrogen and oxygen atoms in total. The van der Waals surface area contributed by atoms with E-state index in [0.29, 0.717) is 47.2 Å². The number of ether oxygens (including phenoxy) is 1. The number of carbonyl (C=O) groups is 1. The third-order valence-electron chi connectivity index (χ3n) is 11.1. The molecule has 1 aliphatic heterocycles. The number of nitrogens with one attached hydrogen (secondary N) is 1. The van der Waals surface area contributed by atoms with Gasteiger partial charge in [0.1, 0.15) is 6.04 Å². The van der Waals surface area contributed by atoms with Gasteiger partial charge in [-0.1, -0.05) is 70.5 Å². The van der Waals surface area contributed by atoms with Crippen molar-refractivity contribution in [1.82, 2.24) is 19.4 Å². The van der Waals surface area contributed by atoms with E-state index in [0.717, 1.165) is 36.9 Å². The first-order chi connectivity index (χ1) is 23.5. The number of halogens is 2. The molecule has 11 heteroatoms. The van der Waals surface area contributed by atoms with E-state index >= 15 is 4.39 Å². The van der Waals surface area contributed by atoms with Crippen molar-refractivity contribution >= 4 is 27.5 Å². The van der Waals surface area contributed by atoms with Gasteiger partial charge in [-0.3, -0.25) is 9.69 Å². The fourth-order valence-electron chi connectivity index (χ4n) is 9.03. The molecule has 0 spiro atoms. The zero-order chi connectivity index (χ0) is 36.5. The van der Waals surface area contributed by atoms with Gasteiger partial charge in [0.25, 0.3) is 0 Å². The van der Waals surface area contributed by atoms with Crippen LogP contribution in [0.15, 0.2) is 36.4 Å². The van der Waals surface area contributed by atoms with Crippen LogP contribution < -0.4 is 10.1 Å². The van der Waals surface area contributed by atoms with Crippen LogP contribution in [0.5, 0.6) is 5.75 Å². The number of amides is 1. The summed E-state index contributed by atoms with van der Waals surface area (Å²) >= 11 is 6.60. The second-order valence-corrected chi connectivity index (χ2v) is 19.3. The number of likely N-dealkylation sites (N-methyl/N-ethyl adjacent to an activating group) is 1. The number of benzene rings is 2. The summed E-state index contributed by atoms with van der Waals surface area (Å²) in [7, 11) is 1.92. The normalized spacial score (nSPS) is 25.6. The molecule has 0 radical (unpaired) electrons. The molecule has 278 valence electrons. The molecule has 6 atom stereocenters. The van der Waals surface area contributed by atoms with Crippen molar-refractivity contribution in [2.75, 3.05) is 33.5 Å². The Labute approximate surface area is 305 Å². The van der Waals surface area contributed by atoms with Gasteiger partial charge in [0.05, 0.1) is 12.9 Å². The number of sulfonamides is 1. The third kappa shape index (κ3) is 9.03. The van der Waals surface area contributed by atoms with Crippen LogP contribution in [0.4, 0.5) is 4.39 Å². The SMILES string of the molecule is COc1ccc(Cl)c(CN(Cc2cccc(CN3C(C(=O)N[C@H]4[C@@H]5CC[C@@H](C5)[C@@H]4C(C)C)CCS3(=O)=O)c2)[C@H](CN(C)C)CC(C)(C)C)c1F. The van der Waals surface area contributed by atoms with Crippen molar-refractivity contribution in [3.05, 3.63) is 63.9 Å². The minimum Gasteiger partial charge on any atom is -0.494 e. The van der Waals surface area contributed by atoms with E-state index in [-0.39, 0.29) is 48.0 Å². The van der Waals surface area contributed by atoms with Crippen LogP contribution in [0, 0.1) is 34.9 Å². The maximum atomic E-state index is 15.7. The largest absolute Gasteiger partial charge is 0.494 e. The maximum absolute atomic E-state index is 15.7. The Morgan fingerprint density at radius 1 is 1.08 bits per heavy atom. The summed E-state index contributed by atoms with van der Waals surface area (Å²) < 4.78 is 49.2. The molecule has 2 aromatic carbocycles. The molecule has 1 saturated heterocycles. The molecule has 3 fully saturated rings. The molecule has 1 amide bonds. The fourth-order valence-corrected chi connectivity index (χ4v) is 10.9. The Balaban J connectivity index is 1.39. The summed E-state index contributed by atoms with van der Waals surface area (Å²) in [6, 6.07) is 10.6. The lowest BCUT2D eigenvalue weighted by molar-refractivity contribution is -0.126. The van der Waals surface area contributed by atoms with Gasteiger partial charge < -0.3 is 15.0 Å². The zero-order valence-electron chi connectivity index (χ0n) is 31.2. The summed E-state index contributed by atoms with van der Waals surface area (Å²) in [6.07, 6.45) is 4.67. The van der Waals surface area contributed by atoms with Crippen molar-refractivity contribution < 1.29 is 22.3 Å². The topological polar surface area (TPSA) is 82.2 Å². The van der Waals surface area contributed by atoms with E-state index in [1.807, 2.05) is 38.4 Å². The van der Waals surface area contributed by atoms with E-state index in [4.69, 9.17) is 16.3 Å². The first-order valence-corrected chi connectivity index (χ1v) is 20.2. The van der Waals surface area contributed by atoms with Crippen LogP contribution in [0.1, 0.15) is 83.4 Å². The summed E-state index contributed by atoms with van der Waals surface area (Å²) in [5.74, 6) is 1.53. The molecule has 2 saturated carbocycles. The van der Waals surface area contributed by atoms with Crippen molar-refractivity contribution in [3.8, 4) is 5.75 Å². The van der Waals surface area contributed by atoms with Crippen LogP contribution in [0.3, 0.4) is 0 Å². The maximum Gasteiger partial charge on any atom is 0.238 e. The van der Waals surface area contributed by atoms with E-state index in [1.54, 1.807) is 12.1 Å². The molecule has 1 heterocycles. The Bertz CT molecular complexity index is 1610. The molecule has 2 bridgehead atoms. The molecule has 3 aliphatic rings. The van der Waals surface area contributed by atoms with Crippen LogP contribution in [0.2, 0.25) is 5.02 Å². The predicted octanol–water partition coefficient (Wildman–Crippen LogP) is 6.95. The molecular formula is C39H58ClFN4O4S. The second-order valence-electron chi connectivity index (χ2n) is 16.8. The van der Waals surface area contributed by atoms with Gasteiger partial charge in [-0.2, -0.15) is 4.31 Å². The molecule has 1 unspecified atom stereocenters. The van der Waals surface area contributed by atoms with Gasteiger partial charge in [-0.15, -0.1) is 0 Å². The molecule has 2 aromatic rings. The molecule has 0 aromatic heterocycles. The van der Waals surface area contributed by atoms with Crippen LogP contribution in [-0.4, -0.2) is 80.1 Å². The third-order valence-corrected chi connectivity index (χ3v) is 13.3. The van der Waals surface area contributed by atoms with E-state index in [2.05, 4.69) is 49.7 Å². The first-order valence-electron chi connectivity index (χ1n) is 18.2. The van der Waals surface area contributed by atoms with Gasteiger partial charge in [-0.25, -0.2) is 12.8 Å². The Hall–Kier alpha value is -2.24. The summed E-state index contributed by atoms with van der Waals surface area (Å²) in [4.78, 5) is 18.2. The number of methoxy groups -OCH3 is 1. The van der Waals surface area contributed by atoms with Gasteiger partial charge in [-0.05, 0) is 98.5 Å². The number of rotatable bonds is 14. The fraction of sp³-hybridized carbons (Fsp3) is 0.667. The van der Waals surface area contributed by atoms with Crippen LogP contribution in [0.25, 0.3) is 0 Å². The average Bonchev–Trinajstić information content (AvgIpc) is 3.71. The summed E-state index contributed by atoms with van der Waals surface area (Å²) in [5.41, 5.74) is 2.17. The second kappa shape index (κ2) is 15.8. The van der Waals surface area contributed by atoms with E-state index in [1.165, 1.54) is 17.8 Å². The van der Waals surface area contributed by atoms with Crippen molar-refractivity contribution in [2.24, 2.45) is 29.1 Å². The van der Waals surface area contributed by atoms with E-state index in [9.17, 15) is 13.2 Å². The summed E-state index contributed by atoms with van der Waals surface area (Å²) in [6.45, 7) is 12.7. The lowest BCUT2D eigenvalue weighted by atomic mass is 9.77. The number of nitrogens with zero attached hydrogens (tertiary/aromatic N) is 3. The monoisotopic (exact) mass is 732 g/mol. The molecule has 2 aliphatic carbocycles. The van der Waals surface area contributed by atoms with Crippen molar-refractivity contribution in [2.45, 2.75) is 104 Å². The quantitative estimate of drug-likeness (QED) is 0.227. The Kier molecular flexibility index (Phi) is 12.3. The highest BCUT2D eigenvalue weighted by Crippen LogP contribution is 2.51. The Morgan fingerprint density at radius 2 is 1.78 bits per heavy atom. The minimum absolute atomic E-state index is 0.00439. The van der Waals surface area contributed by atoms with Crippen LogP contribution >= 0.6 is 11.6 Å². The molecule has 5 rings (SSSR count). The van der Waals surface area contributed by atoms with Crippen molar-refractivity contribution in [1.29, 1.82) is 0 Å². The zero-order valence-corrected chi connectivity index (χ0v) is 32.8. The highest BCUT2D eigenvalue weighted by molar-refractivity contribution is 7.89. The lowest BCUT2D eigenvalue weighted by Gasteiger charge is -2.38.